The van der Waals surface area contributed by atoms with Crippen molar-refractivity contribution in [3.8, 4) is 5.75 Å². The quantitative estimate of drug-likeness (QED) is 0.619. The van der Waals surface area contributed by atoms with Crippen LogP contribution in [0.2, 0.25) is 5.02 Å². The predicted octanol–water partition coefficient (Wildman–Crippen LogP) is 5.32. The van der Waals surface area contributed by atoms with Crippen LogP contribution in [0, 0.1) is 11.3 Å². The van der Waals surface area contributed by atoms with Crippen molar-refractivity contribution >= 4 is 34.8 Å². The first-order valence-electron chi connectivity index (χ1n) is 11.4. The van der Waals surface area contributed by atoms with Gasteiger partial charge in [-0.3, -0.25) is 9.59 Å². The lowest BCUT2D eigenvalue weighted by Crippen LogP contribution is -2.51. The number of piperazine rings is 1. The van der Waals surface area contributed by atoms with E-state index in [1.165, 1.54) is 0 Å². The molecule has 0 unspecified atom stereocenters. The molecule has 0 saturated carbocycles. The third-order valence-corrected chi connectivity index (χ3v) is 5.76. The van der Waals surface area contributed by atoms with Gasteiger partial charge in [-0.2, -0.15) is 0 Å². The number of rotatable bonds is 6. The summed E-state index contributed by atoms with van der Waals surface area (Å²) in [7, 11) is 0. The first-order valence-corrected chi connectivity index (χ1v) is 11.8. The Bertz CT molecular complexity index is 975. The van der Waals surface area contributed by atoms with E-state index in [0.717, 1.165) is 24.5 Å². The molecule has 1 saturated heterocycles. The zero-order chi connectivity index (χ0) is 24.2. The minimum absolute atomic E-state index is 0.172. The highest BCUT2D eigenvalue weighted by Crippen LogP contribution is 2.30. The average molecular weight is 472 g/mol. The second-order valence-corrected chi connectivity index (χ2v) is 10.3. The van der Waals surface area contributed by atoms with Crippen LogP contribution in [0.5, 0.6) is 5.75 Å². The molecular weight excluding hydrogens is 438 g/mol. The molecule has 6 nitrogen and oxygen atoms in total. The van der Waals surface area contributed by atoms with Gasteiger partial charge in [0.05, 0.1) is 17.3 Å². The highest BCUT2D eigenvalue weighted by Gasteiger charge is 2.30. The molecular formula is C26H34ClN3O3. The fourth-order valence-electron chi connectivity index (χ4n) is 3.63. The van der Waals surface area contributed by atoms with E-state index in [4.69, 9.17) is 16.3 Å². The van der Waals surface area contributed by atoms with Gasteiger partial charge in [0.25, 0.3) is 5.91 Å². The Balaban J connectivity index is 1.58. The van der Waals surface area contributed by atoms with Gasteiger partial charge >= 0.3 is 0 Å². The Hall–Kier alpha value is -2.73. The second-order valence-electron chi connectivity index (χ2n) is 9.88. The molecule has 3 rings (SSSR count). The van der Waals surface area contributed by atoms with Gasteiger partial charge < -0.3 is 19.9 Å². The van der Waals surface area contributed by atoms with E-state index in [-0.39, 0.29) is 17.2 Å². The summed E-state index contributed by atoms with van der Waals surface area (Å²) >= 11 is 6.55. The van der Waals surface area contributed by atoms with Gasteiger partial charge in [0.1, 0.15) is 5.75 Å². The van der Waals surface area contributed by atoms with Gasteiger partial charge in [-0.25, -0.2) is 0 Å². The summed E-state index contributed by atoms with van der Waals surface area (Å²) < 4.78 is 5.67. The molecule has 0 atom stereocenters. The lowest BCUT2D eigenvalue weighted by atomic mass is 9.94. The first kappa shape index (κ1) is 24.9. The van der Waals surface area contributed by atoms with E-state index < -0.39 is 0 Å². The van der Waals surface area contributed by atoms with Crippen LogP contribution < -0.4 is 15.0 Å². The number of carbonyl (C=O) groups is 2. The maximum Gasteiger partial charge on any atom is 0.255 e. The fourth-order valence-corrected chi connectivity index (χ4v) is 3.93. The third-order valence-electron chi connectivity index (χ3n) is 5.45. The fraction of sp³-hybridized carbons (Fsp3) is 0.462. The minimum atomic E-state index is -0.374. The smallest absolute Gasteiger partial charge is 0.255 e. The molecule has 0 bridgehead atoms. The average Bonchev–Trinajstić information content (AvgIpc) is 2.77. The van der Waals surface area contributed by atoms with Crippen molar-refractivity contribution in [2.45, 2.75) is 34.6 Å². The Kier molecular flexibility index (Phi) is 7.90. The van der Waals surface area contributed by atoms with Crippen molar-refractivity contribution in [3.05, 3.63) is 53.1 Å². The highest BCUT2D eigenvalue weighted by atomic mass is 35.5. The van der Waals surface area contributed by atoms with Gasteiger partial charge in [-0.1, -0.05) is 46.2 Å². The van der Waals surface area contributed by atoms with Gasteiger partial charge in [-0.05, 0) is 48.4 Å². The molecule has 178 valence electrons. The van der Waals surface area contributed by atoms with E-state index in [1.807, 2.05) is 37.8 Å². The number of halogens is 1. The lowest BCUT2D eigenvalue weighted by molar-refractivity contribution is -0.139. The highest BCUT2D eigenvalue weighted by molar-refractivity contribution is 6.33. The van der Waals surface area contributed by atoms with Crippen molar-refractivity contribution in [1.82, 2.24) is 4.90 Å². The van der Waals surface area contributed by atoms with Crippen molar-refractivity contribution in [2.75, 3.05) is 43.0 Å². The molecule has 0 aliphatic carbocycles. The van der Waals surface area contributed by atoms with Crippen LogP contribution in [0.4, 0.5) is 11.4 Å². The summed E-state index contributed by atoms with van der Waals surface area (Å²) in [5, 5.41) is 3.47. The molecule has 33 heavy (non-hydrogen) atoms. The number of nitrogens with one attached hydrogen (secondary N) is 1. The topological polar surface area (TPSA) is 61.9 Å². The van der Waals surface area contributed by atoms with Crippen LogP contribution in [0.15, 0.2) is 42.5 Å². The van der Waals surface area contributed by atoms with E-state index in [9.17, 15) is 9.59 Å². The number of anilines is 2. The lowest BCUT2D eigenvalue weighted by Gasteiger charge is -2.39. The summed E-state index contributed by atoms with van der Waals surface area (Å²) in [6.45, 7) is 13.4. The molecule has 2 amide bonds. The molecule has 0 radical (unpaired) electrons. The Labute approximate surface area is 201 Å². The van der Waals surface area contributed by atoms with Crippen LogP contribution in [-0.2, 0) is 4.79 Å². The molecule has 0 aromatic heterocycles. The van der Waals surface area contributed by atoms with E-state index in [1.54, 1.807) is 30.3 Å². The molecule has 1 N–H and O–H groups in total. The molecule has 1 heterocycles. The van der Waals surface area contributed by atoms with E-state index in [0.29, 0.717) is 41.9 Å². The SMILES string of the molecule is CC(C)COc1ccc(C(=O)Nc2ccc(N3CCN(C(=O)C(C)(C)C)CC3)c(Cl)c2)cc1. The molecule has 2 aromatic rings. The zero-order valence-electron chi connectivity index (χ0n) is 20.2. The Morgan fingerprint density at radius 2 is 1.67 bits per heavy atom. The molecule has 0 spiro atoms. The summed E-state index contributed by atoms with van der Waals surface area (Å²) in [4.78, 5) is 29.2. The van der Waals surface area contributed by atoms with Crippen LogP contribution in [0.25, 0.3) is 0 Å². The molecule has 2 aromatic carbocycles. The van der Waals surface area contributed by atoms with Crippen LogP contribution in [0.3, 0.4) is 0 Å². The van der Waals surface area contributed by atoms with Gasteiger partial charge in [0.15, 0.2) is 0 Å². The third kappa shape index (κ3) is 6.64. The molecule has 7 heteroatoms. The van der Waals surface area contributed by atoms with Gasteiger partial charge in [-0.15, -0.1) is 0 Å². The number of amides is 2. The normalized spacial score (nSPS) is 14.4. The van der Waals surface area contributed by atoms with E-state index >= 15 is 0 Å². The van der Waals surface area contributed by atoms with Crippen LogP contribution >= 0.6 is 11.6 Å². The van der Waals surface area contributed by atoms with Crippen LogP contribution in [-0.4, -0.2) is 49.5 Å². The van der Waals surface area contributed by atoms with Crippen molar-refractivity contribution in [1.29, 1.82) is 0 Å². The zero-order valence-corrected chi connectivity index (χ0v) is 20.9. The Morgan fingerprint density at radius 1 is 1.03 bits per heavy atom. The van der Waals surface area contributed by atoms with Crippen molar-refractivity contribution < 1.29 is 14.3 Å². The maximum absolute atomic E-state index is 12.6. The molecule has 1 aliphatic heterocycles. The summed E-state index contributed by atoms with van der Waals surface area (Å²) in [6.07, 6.45) is 0. The second kappa shape index (κ2) is 10.5. The number of carbonyl (C=O) groups excluding carboxylic acids is 2. The standard InChI is InChI=1S/C26H34ClN3O3/c1-18(2)17-33-21-9-6-19(7-10-21)24(31)28-20-8-11-23(22(27)16-20)29-12-14-30(15-13-29)25(32)26(3,4)5/h6-11,16,18H,12-15,17H2,1-5H3,(H,28,31). The summed E-state index contributed by atoms with van der Waals surface area (Å²) in [5.74, 6) is 1.15. The molecule has 1 fully saturated rings. The monoisotopic (exact) mass is 471 g/mol. The van der Waals surface area contributed by atoms with Crippen molar-refractivity contribution in [2.24, 2.45) is 11.3 Å². The summed E-state index contributed by atoms with van der Waals surface area (Å²) in [5.41, 5.74) is 1.72. The number of hydrogen-bond donors (Lipinski definition) is 1. The molecule has 1 aliphatic rings. The first-order chi connectivity index (χ1) is 15.5. The van der Waals surface area contributed by atoms with Gasteiger partial charge in [0, 0.05) is 42.8 Å². The maximum atomic E-state index is 12.6. The minimum Gasteiger partial charge on any atom is -0.493 e. The number of ether oxygens (including phenoxy) is 1. The van der Waals surface area contributed by atoms with Crippen LogP contribution in [0.1, 0.15) is 45.0 Å². The number of nitrogens with zero attached hydrogens (tertiary/aromatic N) is 2. The Morgan fingerprint density at radius 3 is 2.21 bits per heavy atom. The van der Waals surface area contributed by atoms with Gasteiger partial charge in [0.2, 0.25) is 5.91 Å². The summed E-state index contributed by atoms with van der Waals surface area (Å²) in [6, 6.07) is 12.6. The number of benzene rings is 2. The number of hydrogen-bond acceptors (Lipinski definition) is 4. The largest absolute Gasteiger partial charge is 0.493 e. The van der Waals surface area contributed by atoms with Crippen molar-refractivity contribution in [3.63, 3.8) is 0 Å². The van der Waals surface area contributed by atoms with E-state index in [2.05, 4.69) is 24.1 Å². The predicted molar refractivity (Wildman–Crippen MR) is 134 cm³/mol.